The SMILES string of the molecule is CCOC(=O)N1C[C@H](OCc2ccccc2)C[C@@H]1CC#N. The molecule has 1 fully saturated rings. The summed E-state index contributed by atoms with van der Waals surface area (Å²) in [7, 11) is 0. The zero-order valence-electron chi connectivity index (χ0n) is 12.2. The number of nitriles is 1. The maximum Gasteiger partial charge on any atom is 0.410 e. The van der Waals surface area contributed by atoms with Crippen molar-refractivity contribution in [3.05, 3.63) is 35.9 Å². The van der Waals surface area contributed by atoms with Crippen molar-refractivity contribution < 1.29 is 14.3 Å². The van der Waals surface area contributed by atoms with E-state index in [1.807, 2.05) is 30.3 Å². The lowest BCUT2D eigenvalue weighted by atomic mass is 10.1. The second-order valence-corrected chi connectivity index (χ2v) is 5.02. The summed E-state index contributed by atoms with van der Waals surface area (Å²) in [4.78, 5) is 13.5. The van der Waals surface area contributed by atoms with Crippen LogP contribution in [0.15, 0.2) is 30.3 Å². The van der Waals surface area contributed by atoms with Gasteiger partial charge in [-0.05, 0) is 18.9 Å². The third-order valence-electron chi connectivity index (χ3n) is 3.53. The Morgan fingerprint density at radius 1 is 1.43 bits per heavy atom. The average molecular weight is 288 g/mol. The molecule has 0 unspecified atom stereocenters. The fraction of sp³-hybridized carbons (Fsp3) is 0.500. The van der Waals surface area contributed by atoms with E-state index in [1.54, 1.807) is 11.8 Å². The minimum Gasteiger partial charge on any atom is -0.450 e. The first kappa shape index (κ1) is 15.3. The monoisotopic (exact) mass is 288 g/mol. The van der Waals surface area contributed by atoms with Crippen LogP contribution in [0.25, 0.3) is 0 Å². The van der Waals surface area contributed by atoms with Gasteiger partial charge in [0, 0.05) is 0 Å². The molecule has 1 aromatic carbocycles. The summed E-state index contributed by atoms with van der Waals surface area (Å²) in [6, 6.07) is 11.9. The molecule has 112 valence electrons. The van der Waals surface area contributed by atoms with Crippen molar-refractivity contribution >= 4 is 6.09 Å². The molecule has 0 aliphatic carbocycles. The number of carbonyl (C=O) groups is 1. The predicted octanol–water partition coefficient (Wildman–Crippen LogP) is 2.72. The number of carbonyl (C=O) groups excluding carboxylic acids is 1. The van der Waals surface area contributed by atoms with Gasteiger partial charge in [0.1, 0.15) is 0 Å². The highest BCUT2D eigenvalue weighted by Crippen LogP contribution is 2.24. The Hall–Kier alpha value is -2.06. The number of amides is 1. The molecule has 0 spiro atoms. The number of hydrogen-bond donors (Lipinski definition) is 0. The molecule has 5 nitrogen and oxygen atoms in total. The molecule has 2 atom stereocenters. The number of benzene rings is 1. The summed E-state index contributed by atoms with van der Waals surface area (Å²) in [5.74, 6) is 0. The van der Waals surface area contributed by atoms with E-state index in [-0.39, 0.29) is 18.2 Å². The van der Waals surface area contributed by atoms with Gasteiger partial charge in [-0.3, -0.25) is 0 Å². The first-order valence-corrected chi connectivity index (χ1v) is 7.20. The van der Waals surface area contributed by atoms with Crippen molar-refractivity contribution in [2.75, 3.05) is 13.2 Å². The van der Waals surface area contributed by atoms with Gasteiger partial charge in [-0.25, -0.2) is 4.79 Å². The van der Waals surface area contributed by atoms with E-state index in [1.165, 1.54) is 0 Å². The molecule has 1 saturated heterocycles. The van der Waals surface area contributed by atoms with E-state index in [9.17, 15) is 4.79 Å². The Bertz CT molecular complexity index is 498. The Morgan fingerprint density at radius 3 is 2.86 bits per heavy atom. The molecule has 1 aliphatic heterocycles. The molecule has 2 rings (SSSR count). The van der Waals surface area contributed by atoms with Gasteiger partial charge >= 0.3 is 6.09 Å². The van der Waals surface area contributed by atoms with Crippen LogP contribution >= 0.6 is 0 Å². The second kappa shape index (κ2) is 7.65. The van der Waals surface area contributed by atoms with Crippen LogP contribution < -0.4 is 0 Å². The highest BCUT2D eigenvalue weighted by atomic mass is 16.6. The predicted molar refractivity (Wildman–Crippen MR) is 77.4 cm³/mol. The Morgan fingerprint density at radius 2 is 2.19 bits per heavy atom. The van der Waals surface area contributed by atoms with Crippen LogP contribution in [0.1, 0.15) is 25.3 Å². The van der Waals surface area contributed by atoms with Crippen LogP contribution in [0.3, 0.4) is 0 Å². The average Bonchev–Trinajstić information content (AvgIpc) is 2.90. The first-order valence-electron chi connectivity index (χ1n) is 7.20. The highest BCUT2D eigenvalue weighted by Gasteiger charge is 2.36. The van der Waals surface area contributed by atoms with E-state index in [4.69, 9.17) is 14.7 Å². The van der Waals surface area contributed by atoms with E-state index in [2.05, 4.69) is 6.07 Å². The molecule has 1 heterocycles. The largest absolute Gasteiger partial charge is 0.450 e. The molecule has 0 N–H and O–H groups in total. The fourth-order valence-corrected chi connectivity index (χ4v) is 2.51. The van der Waals surface area contributed by atoms with Gasteiger partial charge in [0.15, 0.2) is 0 Å². The number of likely N-dealkylation sites (tertiary alicyclic amines) is 1. The summed E-state index contributed by atoms with van der Waals surface area (Å²) in [6.45, 7) is 3.11. The standard InChI is InChI=1S/C16H20N2O3/c1-2-20-16(19)18-11-15(10-14(18)8-9-17)21-12-13-6-4-3-5-7-13/h3-7,14-15H,2,8,10-12H2,1H3/t14-,15+/m0/s1. The zero-order valence-corrected chi connectivity index (χ0v) is 12.2. The number of hydrogen-bond acceptors (Lipinski definition) is 4. The second-order valence-electron chi connectivity index (χ2n) is 5.02. The minimum absolute atomic E-state index is 0.0482. The Balaban J connectivity index is 1.91. The van der Waals surface area contributed by atoms with Crippen LogP contribution in [-0.4, -0.2) is 36.3 Å². The molecule has 21 heavy (non-hydrogen) atoms. The topological polar surface area (TPSA) is 62.6 Å². The van der Waals surface area contributed by atoms with Crippen molar-refractivity contribution in [3.8, 4) is 6.07 Å². The first-order chi connectivity index (χ1) is 10.2. The van der Waals surface area contributed by atoms with Gasteiger partial charge < -0.3 is 14.4 Å². The molecule has 1 aromatic rings. The van der Waals surface area contributed by atoms with Gasteiger partial charge in [0.2, 0.25) is 0 Å². The smallest absolute Gasteiger partial charge is 0.410 e. The number of nitrogens with zero attached hydrogens (tertiary/aromatic N) is 2. The van der Waals surface area contributed by atoms with Crippen LogP contribution in [0, 0.1) is 11.3 Å². The minimum atomic E-state index is -0.358. The quantitative estimate of drug-likeness (QED) is 0.835. The van der Waals surface area contributed by atoms with Crippen molar-refractivity contribution in [2.45, 2.75) is 38.5 Å². The van der Waals surface area contributed by atoms with Gasteiger partial charge in [0.05, 0.1) is 44.4 Å². The molecular weight excluding hydrogens is 268 g/mol. The lowest BCUT2D eigenvalue weighted by Gasteiger charge is -2.21. The van der Waals surface area contributed by atoms with Crippen LogP contribution in [0.5, 0.6) is 0 Å². The van der Waals surface area contributed by atoms with Gasteiger partial charge in [-0.15, -0.1) is 0 Å². The van der Waals surface area contributed by atoms with E-state index in [0.717, 1.165) is 5.56 Å². The number of rotatable bonds is 5. The lowest BCUT2D eigenvalue weighted by molar-refractivity contribution is 0.0442. The van der Waals surface area contributed by atoms with Gasteiger partial charge in [-0.2, -0.15) is 5.26 Å². The van der Waals surface area contributed by atoms with Crippen LogP contribution in [-0.2, 0) is 16.1 Å². The molecule has 1 aliphatic rings. The van der Waals surface area contributed by atoms with Gasteiger partial charge in [0.25, 0.3) is 0 Å². The normalized spacial score (nSPS) is 21.0. The molecule has 0 bridgehead atoms. The Labute approximate surface area is 125 Å². The van der Waals surface area contributed by atoms with Crippen molar-refractivity contribution in [1.29, 1.82) is 5.26 Å². The van der Waals surface area contributed by atoms with E-state index >= 15 is 0 Å². The van der Waals surface area contributed by atoms with Crippen LogP contribution in [0.4, 0.5) is 4.79 Å². The Kier molecular flexibility index (Phi) is 5.59. The highest BCUT2D eigenvalue weighted by molar-refractivity contribution is 5.68. The van der Waals surface area contributed by atoms with Gasteiger partial charge in [-0.1, -0.05) is 30.3 Å². The fourth-order valence-electron chi connectivity index (χ4n) is 2.51. The molecule has 0 saturated carbocycles. The molecule has 0 radical (unpaired) electrons. The molecule has 5 heteroatoms. The maximum atomic E-state index is 11.9. The molecular formula is C16H20N2O3. The number of ether oxygens (including phenoxy) is 2. The van der Waals surface area contributed by atoms with Crippen molar-refractivity contribution in [3.63, 3.8) is 0 Å². The third kappa shape index (κ3) is 4.20. The summed E-state index contributed by atoms with van der Waals surface area (Å²) in [6.07, 6.45) is 0.583. The molecule has 1 amide bonds. The van der Waals surface area contributed by atoms with Crippen LogP contribution in [0.2, 0.25) is 0 Å². The lowest BCUT2D eigenvalue weighted by Crippen LogP contribution is -2.36. The summed E-state index contributed by atoms with van der Waals surface area (Å²) >= 11 is 0. The van der Waals surface area contributed by atoms with E-state index < -0.39 is 0 Å². The van der Waals surface area contributed by atoms with Crippen molar-refractivity contribution in [1.82, 2.24) is 4.90 Å². The summed E-state index contributed by atoms with van der Waals surface area (Å²) in [5.41, 5.74) is 1.10. The summed E-state index contributed by atoms with van der Waals surface area (Å²) < 4.78 is 10.9. The molecule has 0 aromatic heterocycles. The third-order valence-corrected chi connectivity index (χ3v) is 3.53. The summed E-state index contributed by atoms with van der Waals surface area (Å²) in [5, 5.41) is 8.88. The zero-order chi connectivity index (χ0) is 15.1. The van der Waals surface area contributed by atoms with Crippen molar-refractivity contribution in [2.24, 2.45) is 0 Å². The maximum absolute atomic E-state index is 11.9. The van der Waals surface area contributed by atoms with E-state index in [0.29, 0.717) is 32.6 Å².